The van der Waals surface area contributed by atoms with Crippen molar-refractivity contribution in [2.45, 2.75) is 44.2 Å². The summed E-state index contributed by atoms with van der Waals surface area (Å²) in [6, 6.07) is 1.25. The smallest absolute Gasteiger partial charge is 0.166 e. The van der Waals surface area contributed by atoms with E-state index in [1.165, 1.54) is 38.8 Å². The molecule has 0 saturated carbocycles. The summed E-state index contributed by atoms with van der Waals surface area (Å²) in [5.74, 6) is 0. The predicted molar refractivity (Wildman–Crippen MR) is 77.8 cm³/mol. The summed E-state index contributed by atoms with van der Waals surface area (Å²) in [4.78, 5) is 2.62. The molecule has 2 atom stereocenters. The fourth-order valence-electron chi connectivity index (χ4n) is 3.05. The van der Waals surface area contributed by atoms with Crippen molar-refractivity contribution in [2.24, 2.45) is 0 Å². The molecule has 0 aromatic heterocycles. The molecule has 2 rings (SSSR count). The highest BCUT2D eigenvalue weighted by molar-refractivity contribution is 7.80. The number of thiocarbonyl (C=S) groups is 1. The fourth-order valence-corrected chi connectivity index (χ4v) is 3.31. The van der Waals surface area contributed by atoms with E-state index in [0.29, 0.717) is 12.1 Å². The molecular weight excluding hydrogens is 246 g/mol. The normalized spacial score (nSPS) is 27.8. The lowest BCUT2D eigenvalue weighted by molar-refractivity contribution is 0.185. The van der Waals surface area contributed by atoms with Gasteiger partial charge in [-0.1, -0.05) is 6.42 Å². The molecule has 2 aliphatic heterocycles. The number of piperidine rings is 1. The Bertz CT molecular complexity index is 275. The summed E-state index contributed by atoms with van der Waals surface area (Å²) >= 11 is 5.35. The molecule has 2 saturated heterocycles. The largest absolute Gasteiger partial charge is 0.385 e. The molecule has 104 valence electrons. The highest BCUT2D eigenvalue weighted by atomic mass is 32.1. The van der Waals surface area contributed by atoms with Gasteiger partial charge in [-0.3, -0.25) is 4.90 Å². The Morgan fingerprint density at radius 1 is 1.33 bits per heavy atom. The third kappa shape index (κ3) is 3.80. The van der Waals surface area contributed by atoms with Gasteiger partial charge in [0.05, 0.1) is 0 Å². The van der Waals surface area contributed by atoms with E-state index in [-0.39, 0.29) is 0 Å². The molecule has 5 heteroatoms. The first-order chi connectivity index (χ1) is 8.81. The van der Waals surface area contributed by atoms with Crippen molar-refractivity contribution in [1.82, 2.24) is 15.5 Å². The summed E-state index contributed by atoms with van der Waals surface area (Å²) in [7, 11) is 1.73. The van der Waals surface area contributed by atoms with Crippen LogP contribution in [0.2, 0.25) is 0 Å². The topological polar surface area (TPSA) is 36.5 Å². The highest BCUT2D eigenvalue weighted by Crippen LogP contribution is 2.26. The zero-order valence-electron chi connectivity index (χ0n) is 11.3. The van der Waals surface area contributed by atoms with Crippen LogP contribution in [0.5, 0.6) is 0 Å². The van der Waals surface area contributed by atoms with Crippen LogP contribution >= 0.6 is 12.2 Å². The van der Waals surface area contributed by atoms with Gasteiger partial charge in [0.15, 0.2) is 5.11 Å². The zero-order valence-corrected chi connectivity index (χ0v) is 12.1. The number of fused-ring (bicyclic) bond motifs is 1. The van der Waals surface area contributed by atoms with Crippen LogP contribution in [0.4, 0.5) is 0 Å². The molecule has 2 fully saturated rings. The Morgan fingerprint density at radius 3 is 3.06 bits per heavy atom. The predicted octanol–water partition coefficient (Wildman–Crippen LogP) is 1.11. The second-order valence-electron chi connectivity index (χ2n) is 5.24. The van der Waals surface area contributed by atoms with Crippen LogP contribution in [0, 0.1) is 0 Å². The molecular formula is C13H25N3OS. The standard InChI is InChI=1S/C13H25N3OS/c1-17-10-4-7-14-13(18)15-11-6-9-16-8-3-2-5-12(11)16/h11-12H,2-10H2,1H3,(H2,14,15,18). The van der Waals surface area contributed by atoms with Crippen LogP contribution in [0.3, 0.4) is 0 Å². The Morgan fingerprint density at radius 2 is 2.22 bits per heavy atom. The maximum absolute atomic E-state index is 5.35. The molecule has 2 aliphatic rings. The average Bonchev–Trinajstić information content (AvgIpc) is 2.78. The quantitative estimate of drug-likeness (QED) is 0.579. The van der Waals surface area contributed by atoms with Gasteiger partial charge in [0.1, 0.15) is 0 Å². The van der Waals surface area contributed by atoms with Crippen molar-refractivity contribution in [1.29, 1.82) is 0 Å². The molecule has 2 unspecified atom stereocenters. The first-order valence-corrected chi connectivity index (χ1v) is 7.49. The van der Waals surface area contributed by atoms with Crippen molar-refractivity contribution < 1.29 is 4.74 Å². The zero-order chi connectivity index (χ0) is 12.8. The summed E-state index contributed by atoms with van der Waals surface area (Å²) in [6.45, 7) is 4.18. The molecule has 18 heavy (non-hydrogen) atoms. The van der Waals surface area contributed by atoms with E-state index in [4.69, 9.17) is 17.0 Å². The maximum Gasteiger partial charge on any atom is 0.166 e. The van der Waals surface area contributed by atoms with E-state index in [9.17, 15) is 0 Å². The van der Waals surface area contributed by atoms with E-state index in [2.05, 4.69) is 15.5 Å². The minimum atomic E-state index is 0.549. The average molecular weight is 271 g/mol. The second-order valence-corrected chi connectivity index (χ2v) is 5.65. The number of methoxy groups -OCH3 is 1. The molecule has 0 radical (unpaired) electrons. The van der Waals surface area contributed by atoms with E-state index < -0.39 is 0 Å². The molecule has 0 aromatic carbocycles. The molecule has 0 amide bonds. The van der Waals surface area contributed by atoms with E-state index in [0.717, 1.165) is 24.7 Å². The first-order valence-electron chi connectivity index (χ1n) is 7.08. The van der Waals surface area contributed by atoms with Crippen molar-refractivity contribution in [2.75, 3.05) is 33.4 Å². The molecule has 0 spiro atoms. The van der Waals surface area contributed by atoms with Gasteiger partial charge in [0.25, 0.3) is 0 Å². The summed E-state index contributed by atoms with van der Waals surface area (Å²) < 4.78 is 5.02. The Kier molecular flexibility index (Phi) is 5.66. The SMILES string of the molecule is COCCCNC(=S)NC1CCN2CCCCC12. The number of nitrogens with one attached hydrogen (secondary N) is 2. The van der Waals surface area contributed by atoms with Crippen molar-refractivity contribution in [3.8, 4) is 0 Å². The minimum Gasteiger partial charge on any atom is -0.385 e. The molecule has 2 heterocycles. The Balaban J connectivity index is 1.67. The fraction of sp³-hybridized carbons (Fsp3) is 0.923. The maximum atomic E-state index is 5.35. The highest BCUT2D eigenvalue weighted by Gasteiger charge is 2.35. The molecule has 4 nitrogen and oxygen atoms in total. The van der Waals surface area contributed by atoms with Gasteiger partial charge < -0.3 is 15.4 Å². The molecule has 0 aliphatic carbocycles. The summed E-state index contributed by atoms with van der Waals surface area (Å²) in [5.41, 5.74) is 0. The van der Waals surface area contributed by atoms with Crippen LogP contribution in [-0.2, 0) is 4.74 Å². The van der Waals surface area contributed by atoms with Crippen LogP contribution in [0.15, 0.2) is 0 Å². The van der Waals surface area contributed by atoms with Gasteiger partial charge in [-0.2, -0.15) is 0 Å². The molecule has 0 bridgehead atoms. The lowest BCUT2D eigenvalue weighted by Crippen LogP contribution is -2.49. The van der Waals surface area contributed by atoms with Gasteiger partial charge >= 0.3 is 0 Å². The first kappa shape index (κ1) is 14.0. The van der Waals surface area contributed by atoms with Crippen LogP contribution in [-0.4, -0.2) is 55.4 Å². The minimum absolute atomic E-state index is 0.549. The van der Waals surface area contributed by atoms with Crippen LogP contribution in [0.1, 0.15) is 32.1 Å². The van der Waals surface area contributed by atoms with Gasteiger partial charge in [-0.25, -0.2) is 0 Å². The lowest BCUT2D eigenvalue weighted by atomic mass is 9.99. The summed E-state index contributed by atoms with van der Waals surface area (Å²) in [6.07, 6.45) is 6.28. The number of hydrogen-bond acceptors (Lipinski definition) is 3. The van der Waals surface area contributed by atoms with E-state index in [1.54, 1.807) is 7.11 Å². The Labute approximate surface area is 115 Å². The lowest BCUT2D eigenvalue weighted by Gasteiger charge is -2.33. The Hall–Kier alpha value is -0.390. The number of rotatable bonds is 5. The van der Waals surface area contributed by atoms with Gasteiger partial charge in [-0.05, 0) is 44.4 Å². The molecule has 0 aromatic rings. The third-order valence-corrected chi connectivity index (χ3v) is 4.25. The van der Waals surface area contributed by atoms with Gasteiger partial charge in [0, 0.05) is 38.9 Å². The third-order valence-electron chi connectivity index (χ3n) is 3.98. The van der Waals surface area contributed by atoms with Crippen LogP contribution in [0.25, 0.3) is 0 Å². The molecule has 2 N–H and O–H groups in total. The monoisotopic (exact) mass is 271 g/mol. The van der Waals surface area contributed by atoms with Gasteiger partial charge in [-0.15, -0.1) is 0 Å². The number of ether oxygens (including phenoxy) is 1. The van der Waals surface area contributed by atoms with E-state index >= 15 is 0 Å². The van der Waals surface area contributed by atoms with Crippen molar-refractivity contribution in [3.63, 3.8) is 0 Å². The van der Waals surface area contributed by atoms with Crippen molar-refractivity contribution in [3.05, 3.63) is 0 Å². The second kappa shape index (κ2) is 7.26. The van der Waals surface area contributed by atoms with E-state index in [1.807, 2.05) is 0 Å². The number of nitrogens with zero attached hydrogens (tertiary/aromatic N) is 1. The van der Waals surface area contributed by atoms with Crippen LogP contribution < -0.4 is 10.6 Å². The summed E-state index contributed by atoms with van der Waals surface area (Å²) in [5, 5.41) is 7.56. The number of hydrogen-bond donors (Lipinski definition) is 2. The van der Waals surface area contributed by atoms with Crippen molar-refractivity contribution >= 4 is 17.3 Å². The van der Waals surface area contributed by atoms with Gasteiger partial charge in [0.2, 0.25) is 0 Å².